The maximum absolute atomic E-state index is 6.24. The molecule has 0 bridgehead atoms. The lowest BCUT2D eigenvalue weighted by Gasteiger charge is -2.51. The van der Waals surface area contributed by atoms with Gasteiger partial charge in [0.2, 0.25) is 0 Å². The van der Waals surface area contributed by atoms with Crippen LogP contribution in [0, 0.1) is 11.3 Å². The lowest BCUT2D eigenvalue weighted by Crippen LogP contribution is -2.58. The van der Waals surface area contributed by atoms with E-state index in [0.717, 1.165) is 19.1 Å². The summed E-state index contributed by atoms with van der Waals surface area (Å²) in [7, 11) is 0. The zero-order chi connectivity index (χ0) is 15.5. The van der Waals surface area contributed by atoms with E-state index in [9.17, 15) is 0 Å². The highest BCUT2D eigenvalue weighted by molar-refractivity contribution is 4.99. The molecule has 0 amide bonds. The van der Waals surface area contributed by atoms with Crippen molar-refractivity contribution in [2.75, 3.05) is 26.2 Å². The van der Waals surface area contributed by atoms with Crippen molar-refractivity contribution in [2.24, 2.45) is 17.1 Å². The van der Waals surface area contributed by atoms with Crippen molar-refractivity contribution < 1.29 is 4.74 Å². The van der Waals surface area contributed by atoms with Gasteiger partial charge in [-0.3, -0.25) is 4.90 Å². The minimum absolute atomic E-state index is 0.277. The minimum Gasteiger partial charge on any atom is -0.378 e. The zero-order valence-corrected chi connectivity index (χ0v) is 14.7. The monoisotopic (exact) mass is 296 g/mol. The van der Waals surface area contributed by atoms with Crippen LogP contribution in [-0.2, 0) is 4.74 Å². The van der Waals surface area contributed by atoms with E-state index in [4.69, 9.17) is 10.5 Å². The fraction of sp³-hybridized carbons (Fsp3) is 1.00. The van der Waals surface area contributed by atoms with Crippen molar-refractivity contribution >= 4 is 0 Å². The molecule has 3 nitrogen and oxygen atoms in total. The van der Waals surface area contributed by atoms with Gasteiger partial charge in [0.1, 0.15) is 0 Å². The first kappa shape index (κ1) is 17.2. The maximum atomic E-state index is 6.24. The molecule has 3 heteroatoms. The highest BCUT2D eigenvalue weighted by Crippen LogP contribution is 2.44. The van der Waals surface area contributed by atoms with Crippen molar-refractivity contribution in [2.45, 2.75) is 77.9 Å². The Labute approximate surface area is 131 Å². The van der Waals surface area contributed by atoms with Gasteiger partial charge in [-0.2, -0.15) is 0 Å². The second-order valence-corrected chi connectivity index (χ2v) is 8.21. The molecule has 0 aromatic carbocycles. The summed E-state index contributed by atoms with van der Waals surface area (Å²) in [6.45, 7) is 13.3. The molecule has 1 heterocycles. The molecule has 2 fully saturated rings. The van der Waals surface area contributed by atoms with Gasteiger partial charge in [0.25, 0.3) is 0 Å². The molecule has 1 saturated heterocycles. The van der Waals surface area contributed by atoms with Crippen LogP contribution in [0.1, 0.15) is 66.2 Å². The molecule has 2 aliphatic rings. The summed E-state index contributed by atoms with van der Waals surface area (Å²) in [5.41, 5.74) is 6.97. The van der Waals surface area contributed by atoms with Crippen LogP contribution >= 0.6 is 0 Å². The molecule has 21 heavy (non-hydrogen) atoms. The van der Waals surface area contributed by atoms with Gasteiger partial charge in [-0.05, 0) is 56.8 Å². The number of likely N-dealkylation sites (tertiary alicyclic amines) is 1. The Morgan fingerprint density at radius 1 is 1.10 bits per heavy atom. The third-order valence-corrected chi connectivity index (χ3v) is 6.04. The fourth-order valence-electron chi connectivity index (χ4n) is 4.40. The van der Waals surface area contributed by atoms with E-state index in [0.29, 0.717) is 11.5 Å². The van der Waals surface area contributed by atoms with E-state index in [1.54, 1.807) is 0 Å². The van der Waals surface area contributed by atoms with Gasteiger partial charge in [0, 0.05) is 31.8 Å². The number of hydrogen-bond donors (Lipinski definition) is 1. The van der Waals surface area contributed by atoms with Crippen molar-refractivity contribution in [3.63, 3.8) is 0 Å². The molecule has 124 valence electrons. The fourth-order valence-corrected chi connectivity index (χ4v) is 4.40. The topological polar surface area (TPSA) is 38.5 Å². The van der Waals surface area contributed by atoms with Gasteiger partial charge in [-0.15, -0.1) is 0 Å². The molecule has 0 spiro atoms. The third-order valence-electron chi connectivity index (χ3n) is 6.04. The van der Waals surface area contributed by atoms with Gasteiger partial charge >= 0.3 is 0 Å². The van der Waals surface area contributed by atoms with Crippen molar-refractivity contribution in [1.82, 2.24) is 4.90 Å². The molecule has 0 aromatic heterocycles. The van der Waals surface area contributed by atoms with E-state index in [-0.39, 0.29) is 5.54 Å². The number of piperidine rings is 1. The first-order valence-corrected chi connectivity index (χ1v) is 8.98. The summed E-state index contributed by atoms with van der Waals surface area (Å²) in [5, 5.41) is 0. The normalized spacial score (nSPS) is 33.3. The molecule has 0 radical (unpaired) electrons. The van der Waals surface area contributed by atoms with E-state index in [2.05, 4.69) is 32.6 Å². The van der Waals surface area contributed by atoms with Crippen LogP contribution in [0.2, 0.25) is 0 Å². The SMILES string of the molecule is CCOC1CCN(C2(CN)CCC(C(C)(C)C)CC2)CC1. The predicted molar refractivity (Wildman–Crippen MR) is 89.4 cm³/mol. The molecular formula is C18H36N2O. The highest BCUT2D eigenvalue weighted by atomic mass is 16.5. The predicted octanol–water partition coefficient (Wildman–Crippen LogP) is 3.42. The van der Waals surface area contributed by atoms with Crippen LogP contribution in [0.5, 0.6) is 0 Å². The van der Waals surface area contributed by atoms with Crippen molar-refractivity contribution in [3.8, 4) is 0 Å². The van der Waals surface area contributed by atoms with Crippen LogP contribution in [-0.4, -0.2) is 42.8 Å². The Bertz CT molecular complexity index is 308. The van der Waals surface area contributed by atoms with E-state index in [1.165, 1.54) is 51.6 Å². The Kier molecular flexibility index (Phi) is 5.72. The Balaban J connectivity index is 1.92. The zero-order valence-electron chi connectivity index (χ0n) is 14.7. The van der Waals surface area contributed by atoms with Crippen molar-refractivity contribution in [1.29, 1.82) is 0 Å². The summed E-state index contributed by atoms with van der Waals surface area (Å²) in [6, 6.07) is 0. The first-order valence-electron chi connectivity index (χ1n) is 8.98. The minimum atomic E-state index is 0.277. The number of ether oxygens (including phenoxy) is 1. The lowest BCUT2D eigenvalue weighted by molar-refractivity contribution is -0.0388. The Morgan fingerprint density at radius 2 is 1.67 bits per heavy atom. The molecule has 1 aliphatic carbocycles. The Morgan fingerprint density at radius 3 is 2.10 bits per heavy atom. The van der Waals surface area contributed by atoms with Gasteiger partial charge in [-0.25, -0.2) is 0 Å². The molecule has 0 aromatic rings. The van der Waals surface area contributed by atoms with Crippen LogP contribution in [0.4, 0.5) is 0 Å². The molecule has 0 unspecified atom stereocenters. The first-order chi connectivity index (χ1) is 9.91. The number of nitrogens with zero attached hydrogens (tertiary/aromatic N) is 1. The van der Waals surface area contributed by atoms with E-state index >= 15 is 0 Å². The van der Waals surface area contributed by atoms with E-state index in [1.807, 2.05) is 0 Å². The quantitative estimate of drug-likeness (QED) is 0.864. The summed E-state index contributed by atoms with van der Waals surface area (Å²) in [4.78, 5) is 2.70. The second kappa shape index (κ2) is 6.97. The molecular weight excluding hydrogens is 260 g/mol. The molecule has 0 atom stereocenters. The maximum Gasteiger partial charge on any atom is 0.0599 e. The number of rotatable bonds is 4. The molecule has 1 aliphatic heterocycles. The summed E-state index contributed by atoms with van der Waals surface area (Å²) in [5.74, 6) is 0.859. The second-order valence-electron chi connectivity index (χ2n) is 8.21. The third kappa shape index (κ3) is 4.00. The summed E-state index contributed by atoms with van der Waals surface area (Å²) >= 11 is 0. The molecule has 2 rings (SSSR count). The van der Waals surface area contributed by atoms with Crippen LogP contribution in [0.25, 0.3) is 0 Å². The summed E-state index contributed by atoms with van der Waals surface area (Å²) in [6.07, 6.45) is 8.08. The molecule has 1 saturated carbocycles. The van der Waals surface area contributed by atoms with Crippen LogP contribution < -0.4 is 5.73 Å². The largest absolute Gasteiger partial charge is 0.378 e. The smallest absolute Gasteiger partial charge is 0.0599 e. The summed E-state index contributed by atoms with van der Waals surface area (Å²) < 4.78 is 5.79. The van der Waals surface area contributed by atoms with Crippen molar-refractivity contribution in [3.05, 3.63) is 0 Å². The molecule has 2 N–H and O–H groups in total. The number of nitrogens with two attached hydrogens (primary N) is 1. The number of hydrogen-bond acceptors (Lipinski definition) is 3. The average molecular weight is 296 g/mol. The standard InChI is InChI=1S/C18H36N2O/c1-5-21-16-8-12-20(13-9-16)18(14-19)10-6-15(7-11-18)17(2,3)4/h15-16H,5-14,19H2,1-4H3. The van der Waals surface area contributed by atoms with Gasteiger partial charge < -0.3 is 10.5 Å². The van der Waals surface area contributed by atoms with Gasteiger partial charge in [0.15, 0.2) is 0 Å². The highest BCUT2D eigenvalue weighted by Gasteiger charge is 2.42. The lowest BCUT2D eigenvalue weighted by atomic mass is 9.66. The average Bonchev–Trinajstić information content (AvgIpc) is 2.47. The van der Waals surface area contributed by atoms with Crippen LogP contribution in [0.3, 0.4) is 0 Å². The van der Waals surface area contributed by atoms with Gasteiger partial charge in [-0.1, -0.05) is 20.8 Å². The van der Waals surface area contributed by atoms with Crippen LogP contribution in [0.15, 0.2) is 0 Å². The van der Waals surface area contributed by atoms with Gasteiger partial charge in [0.05, 0.1) is 6.10 Å². The Hall–Kier alpha value is -0.120. The van der Waals surface area contributed by atoms with E-state index < -0.39 is 0 Å².